The van der Waals surface area contributed by atoms with E-state index in [0.717, 1.165) is 9.99 Å². The number of methoxy groups -OCH3 is 1. The number of ether oxygens (including phenoxy) is 1. The van der Waals surface area contributed by atoms with Crippen LogP contribution in [0.1, 0.15) is 0 Å². The predicted molar refractivity (Wildman–Crippen MR) is 56.4 cm³/mol. The van der Waals surface area contributed by atoms with Gasteiger partial charge in [0.05, 0.1) is 5.52 Å². The lowest BCUT2D eigenvalue weighted by Crippen LogP contribution is -2.25. The van der Waals surface area contributed by atoms with Gasteiger partial charge in [-0.25, -0.2) is 4.79 Å². The molecule has 4 nitrogen and oxygen atoms in total. The molecule has 0 saturated carbocycles. The van der Waals surface area contributed by atoms with Crippen LogP contribution in [0.4, 0.5) is 0 Å². The first-order valence-corrected chi connectivity index (χ1v) is 4.88. The molecule has 0 amide bonds. The van der Waals surface area contributed by atoms with E-state index < -0.39 is 0 Å². The third kappa shape index (κ3) is 1.38. The second kappa shape index (κ2) is 3.59. The van der Waals surface area contributed by atoms with Gasteiger partial charge >= 0.3 is 5.69 Å². The molecule has 0 N–H and O–H groups in total. The lowest BCUT2D eigenvalue weighted by molar-refractivity contribution is 0.126. The average molecular weight is 257 g/mol. The summed E-state index contributed by atoms with van der Waals surface area (Å²) in [6.07, 6.45) is 3.44. The minimum Gasteiger partial charge on any atom is -0.364 e. The Bertz CT molecular complexity index is 515. The van der Waals surface area contributed by atoms with Gasteiger partial charge in [0.25, 0.3) is 0 Å². The Kier molecular flexibility index (Phi) is 2.43. The van der Waals surface area contributed by atoms with Crippen LogP contribution in [-0.4, -0.2) is 16.1 Å². The highest BCUT2D eigenvalue weighted by molar-refractivity contribution is 9.10. The quantitative estimate of drug-likeness (QED) is 0.816. The van der Waals surface area contributed by atoms with Crippen LogP contribution in [0.3, 0.4) is 0 Å². The first kappa shape index (κ1) is 9.48. The number of rotatable bonds is 2. The molecule has 2 aromatic rings. The lowest BCUT2D eigenvalue weighted by Gasteiger charge is -2.04. The van der Waals surface area contributed by atoms with E-state index in [2.05, 4.69) is 15.9 Å². The number of nitrogens with zero attached hydrogens (tertiary/aromatic N) is 2. The topological polar surface area (TPSA) is 35.6 Å². The average Bonchev–Trinajstić information content (AvgIpc) is 2.54. The van der Waals surface area contributed by atoms with Gasteiger partial charge in [-0.05, 0) is 28.1 Å². The number of aromatic nitrogens is 2. The summed E-state index contributed by atoms with van der Waals surface area (Å²) < 4.78 is 8.89. The molecule has 74 valence electrons. The van der Waals surface area contributed by atoms with Crippen molar-refractivity contribution in [3.63, 3.8) is 0 Å². The van der Waals surface area contributed by atoms with Gasteiger partial charge in [-0.15, -0.1) is 0 Å². The SMILES string of the molecule is COCn1ccc2c(Br)ccn2c1=O. The smallest absolute Gasteiger partial charge is 0.334 e. The maximum Gasteiger partial charge on any atom is 0.334 e. The molecular weight excluding hydrogens is 248 g/mol. The van der Waals surface area contributed by atoms with Crippen LogP contribution < -0.4 is 5.69 Å². The molecule has 0 unspecified atom stereocenters. The molecule has 5 heteroatoms. The summed E-state index contributed by atoms with van der Waals surface area (Å²) in [6, 6.07) is 3.71. The van der Waals surface area contributed by atoms with Crippen molar-refractivity contribution in [2.75, 3.05) is 7.11 Å². The van der Waals surface area contributed by atoms with Crippen LogP contribution in [-0.2, 0) is 11.5 Å². The monoisotopic (exact) mass is 256 g/mol. The Morgan fingerprint density at radius 1 is 1.43 bits per heavy atom. The molecule has 0 spiro atoms. The lowest BCUT2D eigenvalue weighted by atomic mass is 10.5. The van der Waals surface area contributed by atoms with Gasteiger partial charge in [-0.3, -0.25) is 8.97 Å². The zero-order chi connectivity index (χ0) is 10.1. The van der Waals surface area contributed by atoms with Crippen molar-refractivity contribution in [1.82, 2.24) is 8.97 Å². The molecule has 0 aliphatic rings. The molecular formula is C9H9BrN2O2. The van der Waals surface area contributed by atoms with Crippen molar-refractivity contribution in [2.45, 2.75) is 6.73 Å². The van der Waals surface area contributed by atoms with Gasteiger partial charge in [-0.1, -0.05) is 0 Å². The first-order valence-electron chi connectivity index (χ1n) is 4.09. The zero-order valence-corrected chi connectivity index (χ0v) is 9.19. The van der Waals surface area contributed by atoms with Gasteiger partial charge in [0.1, 0.15) is 6.73 Å². The molecule has 2 aromatic heterocycles. The van der Waals surface area contributed by atoms with Gasteiger partial charge < -0.3 is 4.74 Å². The van der Waals surface area contributed by atoms with Gasteiger partial charge in [0.2, 0.25) is 0 Å². The second-order valence-electron chi connectivity index (χ2n) is 2.90. The fraction of sp³-hybridized carbons (Fsp3) is 0.222. The van der Waals surface area contributed by atoms with Crippen molar-refractivity contribution in [3.05, 3.63) is 39.5 Å². The van der Waals surface area contributed by atoms with E-state index in [9.17, 15) is 4.79 Å². The van der Waals surface area contributed by atoms with Gasteiger partial charge in [0.15, 0.2) is 0 Å². The molecule has 2 rings (SSSR count). The second-order valence-corrected chi connectivity index (χ2v) is 3.76. The Hall–Kier alpha value is -1.07. The normalized spacial score (nSPS) is 11.0. The highest BCUT2D eigenvalue weighted by atomic mass is 79.9. The molecule has 0 saturated heterocycles. The van der Waals surface area contributed by atoms with E-state index in [0.29, 0.717) is 0 Å². The van der Waals surface area contributed by atoms with E-state index in [4.69, 9.17) is 4.74 Å². The van der Waals surface area contributed by atoms with Crippen molar-refractivity contribution >= 4 is 21.4 Å². The number of fused-ring (bicyclic) bond motifs is 1. The summed E-state index contributed by atoms with van der Waals surface area (Å²) in [5.41, 5.74) is 0.761. The molecule has 0 aliphatic heterocycles. The Balaban J connectivity index is 2.70. The Labute approximate surface area is 88.9 Å². The summed E-state index contributed by atoms with van der Waals surface area (Å²) in [6.45, 7) is 0.268. The van der Waals surface area contributed by atoms with Crippen molar-refractivity contribution in [1.29, 1.82) is 0 Å². The third-order valence-corrected chi connectivity index (χ3v) is 2.68. The minimum absolute atomic E-state index is 0.102. The van der Waals surface area contributed by atoms with Crippen LogP contribution in [0.15, 0.2) is 33.8 Å². The van der Waals surface area contributed by atoms with Gasteiger partial charge in [-0.2, -0.15) is 0 Å². The number of hydrogen-bond acceptors (Lipinski definition) is 2. The van der Waals surface area contributed by atoms with E-state index in [1.54, 1.807) is 23.9 Å². The summed E-state index contributed by atoms with van der Waals surface area (Å²) in [5.74, 6) is 0. The molecule has 0 fully saturated rings. The third-order valence-electron chi connectivity index (χ3n) is 2.01. The summed E-state index contributed by atoms with van der Waals surface area (Å²) in [7, 11) is 1.56. The molecule has 2 heterocycles. The van der Waals surface area contributed by atoms with Gasteiger partial charge in [0, 0.05) is 24.0 Å². The molecule has 0 bridgehead atoms. The predicted octanol–water partition coefficient (Wildman–Crippen LogP) is 1.47. The van der Waals surface area contributed by atoms with Crippen LogP contribution in [0.2, 0.25) is 0 Å². The van der Waals surface area contributed by atoms with Crippen molar-refractivity contribution in [2.24, 2.45) is 0 Å². The highest BCUT2D eigenvalue weighted by Crippen LogP contribution is 2.16. The highest BCUT2D eigenvalue weighted by Gasteiger charge is 2.03. The molecule has 0 aromatic carbocycles. The molecule has 0 aliphatic carbocycles. The van der Waals surface area contributed by atoms with Crippen LogP contribution in [0.5, 0.6) is 0 Å². The van der Waals surface area contributed by atoms with Crippen LogP contribution in [0.25, 0.3) is 5.52 Å². The first-order chi connectivity index (χ1) is 6.74. The zero-order valence-electron chi connectivity index (χ0n) is 7.61. The van der Waals surface area contributed by atoms with Crippen molar-refractivity contribution < 1.29 is 4.74 Å². The van der Waals surface area contributed by atoms with Crippen LogP contribution >= 0.6 is 15.9 Å². The number of halogens is 1. The van der Waals surface area contributed by atoms with E-state index in [1.807, 2.05) is 12.1 Å². The van der Waals surface area contributed by atoms with E-state index in [1.165, 1.54) is 4.57 Å². The summed E-state index contributed by atoms with van der Waals surface area (Å²) >= 11 is 3.36. The standard InChI is InChI=1S/C9H9BrN2O2/c1-14-6-11-4-3-8-7(10)2-5-12(8)9(11)13/h2-5H,6H2,1H3. The Morgan fingerprint density at radius 2 is 2.21 bits per heavy atom. The maximum absolute atomic E-state index is 11.8. The number of hydrogen-bond donors (Lipinski definition) is 0. The largest absolute Gasteiger partial charge is 0.364 e. The van der Waals surface area contributed by atoms with Crippen LogP contribution in [0, 0.1) is 0 Å². The minimum atomic E-state index is -0.102. The Morgan fingerprint density at radius 3 is 2.93 bits per heavy atom. The van der Waals surface area contributed by atoms with E-state index >= 15 is 0 Å². The van der Waals surface area contributed by atoms with E-state index in [-0.39, 0.29) is 12.4 Å². The van der Waals surface area contributed by atoms with Crippen molar-refractivity contribution in [3.8, 4) is 0 Å². The fourth-order valence-corrected chi connectivity index (χ4v) is 1.79. The summed E-state index contributed by atoms with van der Waals surface area (Å²) in [5, 5.41) is 0. The summed E-state index contributed by atoms with van der Waals surface area (Å²) in [4.78, 5) is 11.8. The molecule has 0 radical (unpaired) electrons. The maximum atomic E-state index is 11.8. The fourth-order valence-electron chi connectivity index (χ4n) is 1.35. The molecule has 14 heavy (non-hydrogen) atoms. The molecule has 0 atom stereocenters.